The molecular formula is C43H25NO. The summed E-state index contributed by atoms with van der Waals surface area (Å²) in [6, 6.07) is 55.9. The number of furan rings is 1. The van der Waals surface area contributed by atoms with Gasteiger partial charge in [-0.3, -0.25) is 0 Å². The summed E-state index contributed by atoms with van der Waals surface area (Å²) in [5.74, 6) is 0. The lowest BCUT2D eigenvalue weighted by Crippen LogP contribution is -2.33. The Labute approximate surface area is 259 Å². The van der Waals surface area contributed by atoms with Crippen LogP contribution in [0.5, 0.6) is 0 Å². The Morgan fingerprint density at radius 1 is 0.422 bits per heavy atom. The third-order valence-electron chi connectivity index (χ3n) is 10.4. The van der Waals surface area contributed by atoms with Gasteiger partial charge in [-0.2, -0.15) is 0 Å². The molecule has 7 aromatic carbocycles. The van der Waals surface area contributed by atoms with E-state index in [0.29, 0.717) is 0 Å². The van der Waals surface area contributed by atoms with Crippen LogP contribution in [0.4, 0.5) is 0 Å². The highest BCUT2D eigenvalue weighted by atomic mass is 16.3. The number of hydrogen-bond donors (Lipinski definition) is 0. The fourth-order valence-electron chi connectivity index (χ4n) is 8.65. The molecule has 0 fully saturated rings. The molecule has 0 N–H and O–H groups in total. The predicted molar refractivity (Wildman–Crippen MR) is 184 cm³/mol. The predicted octanol–water partition coefficient (Wildman–Crippen LogP) is 11.0. The van der Waals surface area contributed by atoms with Gasteiger partial charge in [-0.15, -0.1) is 0 Å². The first-order valence-corrected chi connectivity index (χ1v) is 15.6. The molecule has 1 aliphatic carbocycles. The molecule has 208 valence electrons. The van der Waals surface area contributed by atoms with Crippen LogP contribution < -0.4 is 0 Å². The van der Waals surface area contributed by atoms with Gasteiger partial charge < -0.3 is 8.98 Å². The first-order chi connectivity index (χ1) is 22.3. The van der Waals surface area contributed by atoms with Gasteiger partial charge in [0.25, 0.3) is 0 Å². The Morgan fingerprint density at radius 3 is 1.89 bits per heavy atom. The van der Waals surface area contributed by atoms with Crippen LogP contribution in [0.3, 0.4) is 0 Å². The topological polar surface area (TPSA) is 18.1 Å². The molecule has 0 saturated heterocycles. The zero-order valence-electron chi connectivity index (χ0n) is 24.3. The minimum atomic E-state index is -0.421. The van der Waals surface area contributed by atoms with Crippen molar-refractivity contribution in [3.63, 3.8) is 0 Å². The van der Waals surface area contributed by atoms with Crippen LogP contribution in [-0.4, -0.2) is 4.57 Å². The van der Waals surface area contributed by atoms with Gasteiger partial charge >= 0.3 is 0 Å². The number of fused-ring (bicyclic) bond motifs is 15. The molecule has 3 heterocycles. The molecule has 0 radical (unpaired) electrons. The monoisotopic (exact) mass is 571 g/mol. The quantitative estimate of drug-likeness (QED) is 0.192. The summed E-state index contributed by atoms with van der Waals surface area (Å²) in [6.45, 7) is 0. The molecular weight excluding hydrogens is 546 g/mol. The van der Waals surface area contributed by atoms with Crippen molar-refractivity contribution in [2.45, 2.75) is 5.41 Å². The molecule has 45 heavy (non-hydrogen) atoms. The van der Waals surface area contributed by atoms with E-state index in [9.17, 15) is 0 Å². The Hall–Kier alpha value is -5.86. The van der Waals surface area contributed by atoms with Crippen LogP contribution in [-0.2, 0) is 5.41 Å². The van der Waals surface area contributed by atoms with Gasteiger partial charge in [-0.1, -0.05) is 121 Å². The number of aromatic nitrogens is 1. The van der Waals surface area contributed by atoms with Crippen molar-refractivity contribution < 1.29 is 4.42 Å². The van der Waals surface area contributed by atoms with E-state index in [1.54, 1.807) is 0 Å². The van der Waals surface area contributed by atoms with E-state index in [0.717, 1.165) is 21.9 Å². The molecule has 0 amide bonds. The highest BCUT2D eigenvalue weighted by molar-refractivity contribution is 6.13. The second-order valence-corrected chi connectivity index (χ2v) is 12.4. The van der Waals surface area contributed by atoms with E-state index in [4.69, 9.17) is 4.42 Å². The highest BCUT2D eigenvalue weighted by Crippen LogP contribution is 2.61. The van der Waals surface area contributed by atoms with Gasteiger partial charge in [-0.25, -0.2) is 0 Å². The number of para-hydroxylation sites is 3. The lowest BCUT2D eigenvalue weighted by Gasteiger charge is -2.39. The molecule has 0 atom stereocenters. The van der Waals surface area contributed by atoms with Crippen molar-refractivity contribution in [2.75, 3.05) is 0 Å². The summed E-state index contributed by atoms with van der Waals surface area (Å²) in [4.78, 5) is 0. The molecule has 2 nitrogen and oxygen atoms in total. The van der Waals surface area contributed by atoms with E-state index in [2.05, 4.69) is 144 Å². The average Bonchev–Trinajstić information content (AvgIpc) is 3.74. The fraction of sp³-hybridized carbons (Fsp3) is 0.0233. The summed E-state index contributed by atoms with van der Waals surface area (Å²) in [5.41, 5.74) is 15.6. The van der Waals surface area contributed by atoms with E-state index < -0.39 is 5.41 Å². The minimum Gasteiger partial charge on any atom is -0.456 e. The largest absolute Gasteiger partial charge is 0.456 e. The maximum Gasteiger partial charge on any atom is 0.135 e. The minimum absolute atomic E-state index is 0.421. The molecule has 2 aromatic heterocycles. The van der Waals surface area contributed by atoms with Crippen molar-refractivity contribution in [1.29, 1.82) is 0 Å². The van der Waals surface area contributed by atoms with Gasteiger partial charge in [-0.05, 0) is 74.8 Å². The summed E-state index contributed by atoms with van der Waals surface area (Å²) in [6.07, 6.45) is 0. The van der Waals surface area contributed by atoms with E-state index in [-0.39, 0.29) is 0 Å². The van der Waals surface area contributed by atoms with Crippen molar-refractivity contribution in [1.82, 2.24) is 4.57 Å². The molecule has 1 spiro atoms. The zero-order chi connectivity index (χ0) is 29.3. The lowest BCUT2D eigenvalue weighted by molar-refractivity contribution is 0.669. The van der Waals surface area contributed by atoms with Crippen LogP contribution in [0.2, 0.25) is 0 Å². The second-order valence-electron chi connectivity index (χ2n) is 12.4. The van der Waals surface area contributed by atoms with Crippen LogP contribution in [0.15, 0.2) is 156 Å². The van der Waals surface area contributed by atoms with Gasteiger partial charge in [0.15, 0.2) is 0 Å². The van der Waals surface area contributed by atoms with Crippen molar-refractivity contribution in [3.8, 4) is 27.9 Å². The molecule has 11 rings (SSSR count). The first kappa shape index (κ1) is 23.6. The number of nitrogens with zero attached hydrogens (tertiary/aromatic N) is 1. The molecule has 0 saturated carbocycles. The van der Waals surface area contributed by atoms with Gasteiger partial charge in [0.05, 0.1) is 22.1 Å². The molecule has 0 bridgehead atoms. The van der Waals surface area contributed by atoms with E-state index >= 15 is 0 Å². The van der Waals surface area contributed by atoms with E-state index in [1.807, 2.05) is 12.1 Å². The average molecular weight is 572 g/mol. The summed E-state index contributed by atoms with van der Waals surface area (Å²) >= 11 is 0. The SMILES string of the molecule is c1ccc2c(c1)-c1ccccc1C21c2ccc(-c3ccc4oc5ccccc5c4c3)cc2-n2c3ccccc3c3cccc1c32. The fourth-order valence-corrected chi connectivity index (χ4v) is 8.65. The maximum atomic E-state index is 6.17. The molecule has 2 aliphatic rings. The van der Waals surface area contributed by atoms with E-state index in [1.165, 1.54) is 72.0 Å². The summed E-state index contributed by atoms with van der Waals surface area (Å²) < 4.78 is 8.70. The Bertz CT molecular complexity index is 2670. The molecule has 2 heteroatoms. The van der Waals surface area contributed by atoms with Crippen LogP contribution in [0.1, 0.15) is 22.3 Å². The van der Waals surface area contributed by atoms with Crippen molar-refractivity contribution >= 4 is 43.7 Å². The van der Waals surface area contributed by atoms with Crippen molar-refractivity contribution in [3.05, 3.63) is 174 Å². The zero-order valence-corrected chi connectivity index (χ0v) is 24.3. The second kappa shape index (κ2) is 8.19. The van der Waals surface area contributed by atoms with Crippen LogP contribution in [0, 0.1) is 0 Å². The standard InChI is InChI=1S/C43H25NO/c1-5-15-34-28(10-1)29-11-2-6-16-35(29)43(34)36-22-20-27(26-21-23-41-33(24-26)31-13-4-8-19-40(31)45-41)25-39(36)44-38-18-7-3-12-30(38)32-14-9-17-37(43)42(32)44/h1-25H. The third kappa shape index (κ3) is 2.77. The first-order valence-electron chi connectivity index (χ1n) is 15.6. The highest BCUT2D eigenvalue weighted by Gasteiger charge is 2.50. The van der Waals surface area contributed by atoms with Gasteiger partial charge in [0.1, 0.15) is 11.2 Å². The smallest absolute Gasteiger partial charge is 0.135 e. The Morgan fingerprint density at radius 2 is 1.04 bits per heavy atom. The van der Waals surface area contributed by atoms with Crippen LogP contribution in [0.25, 0.3) is 71.7 Å². The third-order valence-corrected chi connectivity index (χ3v) is 10.4. The normalized spacial score (nSPS) is 14.0. The summed E-state index contributed by atoms with van der Waals surface area (Å²) in [7, 11) is 0. The van der Waals surface area contributed by atoms with Gasteiger partial charge in [0.2, 0.25) is 0 Å². The van der Waals surface area contributed by atoms with Crippen molar-refractivity contribution in [2.24, 2.45) is 0 Å². The maximum absolute atomic E-state index is 6.17. The number of benzene rings is 7. The van der Waals surface area contributed by atoms with Crippen LogP contribution >= 0.6 is 0 Å². The molecule has 9 aromatic rings. The number of rotatable bonds is 1. The Balaban J connectivity index is 1.29. The summed E-state index contributed by atoms with van der Waals surface area (Å²) in [5, 5.41) is 4.88. The molecule has 0 unspecified atom stereocenters. The Kier molecular flexibility index (Phi) is 4.29. The lowest BCUT2D eigenvalue weighted by atomic mass is 9.65. The van der Waals surface area contributed by atoms with Gasteiger partial charge in [0, 0.05) is 21.5 Å². The molecule has 1 aliphatic heterocycles. The number of hydrogen-bond acceptors (Lipinski definition) is 1.